The van der Waals surface area contributed by atoms with Crippen molar-refractivity contribution < 1.29 is 0 Å². The molecule has 16 heavy (non-hydrogen) atoms. The predicted molar refractivity (Wildman–Crippen MR) is 74.8 cm³/mol. The van der Waals surface area contributed by atoms with Crippen molar-refractivity contribution >= 4 is 27.7 Å². The van der Waals surface area contributed by atoms with Crippen molar-refractivity contribution in [2.24, 2.45) is 11.1 Å². The maximum atomic E-state index is 5.95. The molecule has 0 atom stereocenters. The third-order valence-corrected chi connectivity index (χ3v) is 5.55. The van der Waals surface area contributed by atoms with E-state index in [9.17, 15) is 0 Å². The summed E-state index contributed by atoms with van der Waals surface area (Å²) in [4.78, 5) is 1.31. The van der Waals surface area contributed by atoms with Gasteiger partial charge < -0.3 is 5.73 Å². The van der Waals surface area contributed by atoms with E-state index in [2.05, 4.69) is 48.0 Å². The van der Waals surface area contributed by atoms with Gasteiger partial charge in [-0.1, -0.05) is 26.0 Å². The van der Waals surface area contributed by atoms with Gasteiger partial charge in [0.15, 0.2) is 0 Å². The van der Waals surface area contributed by atoms with Gasteiger partial charge in [0, 0.05) is 20.7 Å². The van der Waals surface area contributed by atoms with Gasteiger partial charge in [0.2, 0.25) is 0 Å². The lowest BCUT2D eigenvalue weighted by molar-refractivity contribution is 0.132. The molecular weight excluding hydrogens is 282 g/mol. The molecule has 1 nitrogen and oxygen atoms in total. The lowest BCUT2D eigenvalue weighted by atomic mass is 9.64. The van der Waals surface area contributed by atoms with E-state index in [-0.39, 0.29) is 4.75 Å². The zero-order valence-electron chi connectivity index (χ0n) is 9.79. The van der Waals surface area contributed by atoms with Crippen molar-refractivity contribution in [2.75, 3.05) is 6.54 Å². The average Bonchev–Trinajstić information content (AvgIpc) is 2.18. The Labute approximate surface area is 110 Å². The van der Waals surface area contributed by atoms with Gasteiger partial charge in [0.25, 0.3) is 0 Å². The third-order valence-electron chi connectivity index (χ3n) is 3.14. The number of halogens is 1. The van der Waals surface area contributed by atoms with Gasteiger partial charge in [-0.3, -0.25) is 0 Å². The van der Waals surface area contributed by atoms with Crippen LogP contribution in [0, 0.1) is 5.41 Å². The van der Waals surface area contributed by atoms with Gasteiger partial charge in [0.05, 0.1) is 0 Å². The van der Waals surface area contributed by atoms with E-state index in [0.717, 1.165) is 6.54 Å². The Kier molecular flexibility index (Phi) is 3.39. The molecule has 2 rings (SSSR count). The van der Waals surface area contributed by atoms with Gasteiger partial charge in [0.1, 0.15) is 0 Å². The summed E-state index contributed by atoms with van der Waals surface area (Å²) in [6, 6.07) is 8.39. The second kappa shape index (κ2) is 4.35. The van der Waals surface area contributed by atoms with Gasteiger partial charge in [-0.05, 0) is 46.3 Å². The van der Waals surface area contributed by atoms with Crippen LogP contribution in [0.5, 0.6) is 0 Å². The Bertz CT molecular complexity index is 381. The maximum absolute atomic E-state index is 5.95. The van der Waals surface area contributed by atoms with Crippen LogP contribution >= 0.6 is 27.7 Å². The third kappa shape index (κ3) is 2.47. The van der Waals surface area contributed by atoms with Crippen molar-refractivity contribution in [2.45, 2.75) is 36.3 Å². The van der Waals surface area contributed by atoms with Crippen LogP contribution in [0.1, 0.15) is 26.7 Å². The van der Waals surface area contributed by atoms with Crippen LogP contribution in [0.15, 0.2) is 33.6 Å². The normalized spacial score (nSPS) is 21.5. The highest BCUT2D eigenvalue weighted by Crippen LogP contribution is 2.57. The first-order valence-corrected chi connectivity index (χ1v) is 7.21. The summed E-state index contributed by atoms with van der Waals surface area (Å²) < 4.78 is 1.44. The van der Waals surface area contributed by atoms with E-state index in [4.69, 9.17) is 5.73 Å². The van der Waals surface area contributed by atoms with Crippen LogP contribution < -0.4 is 5.73 Å². The molecule has 1 aromatic carbocycles. The van der Waals surface area contributed by atoms with Crippen molar-refractivity contribution in [3.63, 3.8) is 0 Å². The second-order valence-corrected chi connectivity index (χ2v) is 7.80. The molecule has 2 N–H and O–H groups in total. The Morgan fingerprint density at radius 2 is 1.94 bits per heavy atom. The highest BCUT2D eigenvalue weighted by atomic mass is 79.9. The predicted octanol–water partition coefficient (Wildman–Crippen LogP) is 4.06. The zero-order valence-corrected chi connectivity index (χ0v) is 12.2. The Balaban J connectivity index is 2.12. The van der Waals surface area contributed by atoms with E-state index >= 15 is 0 Å². The van der Waals surface area contributed by atoms with E-state index < -0.39 is 0 Å². The molecule has 0 heterocycles. The van der Waals surface area contributed by atoms with Crippen molar-refractivity contribution in [1.29, 1.82) is 0 Å². The summed E-state index contributed by atoms with van der Waals surface area (Å²) >= 11 is 5.53. The van der Waals surface area contributed by atoms with Crippen LogP contribution in [-0.2, 0) is 0 Å². The van der Waals surface area contributed by atoms with Crippen LogP contribution in [0.25, 0.3) is 0 Å². The van der Waals surface area contributed by atoms with Gasteiger partial charge in [-0.2, -0.15) is 0 Å². The number of rotatable bonds is 3. The summed E-state index contributed by atoms with van der Waals surface area (Å²) in [7, 11) is 0. The topological polar surface area (TPSA) is 26.0 Å². The number of benzene rings is 1. The highest BCUT2D eigenvalue weighted by Gasteiger charge is 2.49. The molecule has 1 aromatic rings. The molecule has 0 aromatic heterocycles. The zero-order chi connectivity index (χ0) is 11.8. The van der Waals surface area contributed by atoms with Crippen LogP contribution in [0.4, 0.5) is 0 Å². The standard InChI is InChI=1S/C13H18BrNS/c1-12(2)7-13(8-12,9-15)16-11-6-4-3-5-10(11)14/h3-6H,7-9,15H2,1-2H3. The molecule has 1 fully saturated rings. The summed E-state index contributed by atoms with van der Waals surface area (Å²) in [6.07, 6.45) is 2.42. The molecule has 3 heteroatoms. The molecule has 0 aliphatic heterocycles. The summed E-state index contributed by atoms with van der Waals surface area (Å²) in [5.74, 6) is 0. The van der Waals surface area contributed by atoms with Gasteiger partial charge >= 0.3 is 0 Å². The van der Waals surface area contributed by atoms with E-state index in [1.54, 1.807) is 0 Å². The minimum atomic E-state index is 0.257. The fraction of sp³-hybridized carbons (Fsp3) is 0.538. The summed E-state index contributed by atoms with van der Waals surface area (Å²) in [6.45, 7) is 5.41. The first-order chi connectivity index (χ1) is 7.46. The van der Waals surface area contributed by atoms with Crippen LogP contribution in [-0.4, -0.2) is 11.3 Å². The molecule has 0 saturated heterocycles. The molecule has 1 aliphatic rings. The number of nitrogens with two attached hydrogens (primary N) is 1. The Morgan fingerprint density at radius 1 is 1.31 bits per heavy atom. The molecule has 0 amide bonds. The van der Waals surface area contributed by atoms with Crippen molar-refractivity contribution in [1.82, 2.24) is 0 Å². The number of hydrogen-bond donors (Lipinski definition) is 1. The number of hydrogen-bond acceptors (Lipinski definition) is 2. The highest BCUT2D eigenvalue weighted by molar-refractivity contribution is 9.10. The van der Waals surface area contributed by atoms with E-state index in [1.807, 2.05) is 17.8 Å². The molecule has 1 saturated carbocycles. The lowest BCUT2D eigenvalue weighted by Gasteiger charge is -2.52. The van der Waals surface area contributed by atoms with Crippen molar-refractivity contribution in [3.8, 4) is 0 Å². The van der Waals surface area contributed by atoms with Gasteiger partial charge in [-0.15, -0.1) is 11.8 Å². The van der Waals surface area contributed by atoms with E-state index in [0.29, 0.717) is 5.41 Å². The first-order valence-electron chi connectivity index (χ1n) is 5.60. The maximum Gasteiger partial charge on any atom is 0.0339 e. The lowest BCUT2D eigenvalue weighted by Crippen LogP contribution is -2.51. The summed E-state index contributed by atoms with van der Waals surface area (Å²) in [5, 5.41) is 0. The van der Waals surface area contributed by atoms with Crippen molar-refractivity contribution in [3.05, 3.63) is 28.7 Å². The SMILES string of the molecule is CC1(C)CC(CN)(Sc2ccccc2Br)C1. The largest absolute Gasteiger partial charge is 0.329 e. The molecule has 1 aliphatic carbocycles. The first kappa shape index (κ1) is 12.5. The Morgan fingerprint density at radius 3 is 2.44 bits per heavy atom. The average molecular weight is 300 g/mol. The quantitative estimate of drug-likeness (QED) is 0.911. The van der Waals surface area contributed by atoms with Crippen LogP contribution in [0.3, 0.4) is 0 Å². The molecule has 0 unspecified atom stereocenters. The molecule has 88 valence electrons. The fourth-order valence-electron chi connectivity index (χ4n) is 2.71. The minimum Gasteiger partial charge on any atom is -0.329 e. The van der Waals surface area contributed by atoms with Gasteiger partial charge in [-0.25, -0.2) is 0 Å². The van der Waals surface area contributed by atoms with E-state index in [1.165, 1.54) is 22.2 Å². The monoisotopic (exact) mass is 299 g/mol. The smallest absolute Gasteiger partial charge is 0.0339 e. The minimum absolute atomic E-state index is 0.257. The Hall–Kier alpha value is 0.01000. The molecule has 0 bridgehead atoms. The molecule has 0 radical (unpaired) electrons. The second-order valence-electron chi connectivity index (χ2n) is 5.44. The summed E-state index contributed by atoms with van der Waals surface area (Å²) in [5.41, 5.74) is 6.42. The fourth-order valence-corrected chi connectivity index (χ4v) is 5.03. The van der Waals surface area contributed by atoms with Crippen LogP contribution in [0.2, 0.25) is 0 Å². The molecule has 0 spiro atoms. The molecular formula is C13H18BrNS. The number of thioether (sulfide) groups is 1.